The number of aryl methyl sites for hydroxylation is 2. The molecule has 0 amide bonds. The zero-order chi connectivity index (χ0) is 19.6. The summed E-state index contributed by atoms with van der Waals surface area (Å²) in [7, 11) is 1.74. The zero-order valence-corrected chi connectivity index (χ0v) is 17.1. The van der Waals surface area contributed by atoms with E-state index in [1.165, 1.54) is 33.6 Å². The number of fused-ring (bicyclic) bond motifs is 1. The lowest BCUT2D eigenvalue weighted by Crippen LogP contribution is -2.22. The van der Waals surface area contributed by atoms with E-state index in [4.69, 9.17) is 9.72 Å². The van der Waals surface area contributed by atoms with E-state index in [0.717, 1.165) is 36.3 Å². The van der Waals surface area contributed by atoms with Gasteiger partial charge in [0.05, 0.1) is 7.11 Å². The van der Waals surface area contributed by atoms with Gasteiger partial charge in [-0.25, -0.2) is 0 Å². The minimum atomic E-state index is 0.0822. The summed E-state index contributed by atoms with van der Waals surface area (Å²) < 4.78 is 5.75. The van der Waals surface area contributed by atoms with Crippen molar-refractivity contribution < 1.29 is 4.74 Å². The number of hydrogen-bond donors (Lipinski definition) is 1. The minimum Gasteiger partial charge on any atom is -0.496 e. The summed E-state index contributed by atoms with van der Waals surface area (Å²) in [5.74, 6) is 0.993. The van der Waals surface area contributed by atoms with Crippen LogP contribution in [0, 0.1) is 6.92 Å². The topological polar surface area (TPSA) is 34.2 Å². The van der Waals surface area contributed by atoms with Gasteiger partial charge in [0.25, 0.3) is 0 Å². The Labute approximate surface area is 163 Å². The number of methoxy groups -OCH3 is 1. The maximum Gasteiger partial charge on any atom is 0.123 e. The van der Waals surface area contributed by atoms with E-state index >= 15 is 0 Å². The number of benzene rings is 1. The first-order chi connectivity index (χ1) is 13.0. The summed E-state index contributed by atoms with van der Waals surface area (Å²) in [6.07, 6.45) is 4.93. The fourth-order valence-electron chi connectivity index (χ4n) is 4.07. The van der Waals surface area contributed by atoms with Gasteiger partial charge in [-0.05, 0) is 49.5 Å². The first-order valence-electron chi connectivity index (χ1n) is 9.80. The van der Waals surface area contributed by atoms with Crippen molar-refractivity contribution in [1.29, 1.82) is 0 Å². The molecule has 1 atom stereocenters. The second-order valence-corrected chi connectivity index (χ2v) is 7.22. The third-order valence-corrected chi connectivity index (χ3v) is 5.43. The van der Waals surface area contributed by atoms with E-state index in [0.29, 0.717) is 0 Å². The van der Waals surface area contributed by atoms with Gasteiger partial charge in [0, 0.05) is 40.3 Å². The molecule has 3 heteroatoms. The highest BCUT2D eigenvalue weighted by atomic mass is 16.5. The Balaban J connectivity index is 2.35. The van der Waals surface area contributed by atoms with Gasteiger partial charge in [-0.2, -0.15) is 0 Å². The summed E-state index contributed by atoms with van der Waals surface area (Å²) >= 11 is 0. The summed E-state index contributed by atoms with van der Waals surface area (Å²) in [6, 6.07) is 8.33. The molecule has 1 aromatic heterocycles. The Bertz CT molecular complexity index is 895. The standard InChI is InChI=1S/C24H30N2O/c1-7-11-19-23-22(18-12-9-10-13-20(18)27-6)21(15(3)8-2)17(5)26-24(23)16(4)14-25-19/h9-10,12-14,22,26H,3,7-8,11H2,1-2,4-6H3. The molecule has 1 N–H and O–H groups in total. The molecule has 0 bridgehead atoms. The molecule has 1 unspecified atom stereocenters. The molecule has 3 rings (SSSR count). The molecule has 0 aliphatic carbocycles. The fourth-order valence-corrected chi connectivity index (χ4v) is 4.07. The number of pyridine rings is 1. The van der Waals surface area contributed by atoms with Crippen molar-refractivity contribution in [2.75, 3.05) is 12.4 Å². The van der Waals surface area contributed by atoms with E-state index in [9.17, 15) is 0 Å². The van der Waals surface area contributed by atoms with E-state index < -0.39 is 0 Å². The molecule has 27 heavy (non-hydrogen) atoms. The number of aromatic nitrogens is 1. The zero-order valence-electron chi connectivity index (χ0n) is 17.1. The van der Waals surface area contributed by atoms with Crippen LogP contribution in [-0.2, 0) is 6.42 Å². The van der Waals surface area contributed by atoms with Gasteiger partial charge in [0.15, 0.2) is 0 Å². The molecule has 0 saturated carbocycles. The average Bonchev–Trinajstić information content (AvgIpc) is 2.69. The molecule has 1 aromatic carbocycles. The second-order valence-electron chi connectivity index (χ2n) is 7.22. The van der Waals surface area contributed by atoms with Crippen LogP contribution in [0.1, 0.15) is 61.9 Å². The summed E-state index contributed by atoms with van der Waals surface area (Å²) in [5.41, 5.74) is 9.56. The monoisotopic (exact) mass is 362 g/mol. The Morgan fingerprint density at radius 1 is 1.22 bits per heavy atom. The van der Waals surface area contributed by atoms with E-state index in [2.05, 4.69) is 51.7 Å². The molecule has 2 aromatic rings. The highest BCUT2D eigenvalue weighted by Gasteiger charge is 2.33. The summed E-state index contributed by atoms with van der Waals surface area (Å²) in [6.45, 7) is 13.0. The van der Waals surface area contributed by atoms with Crippen LogP contribution in [0.2, 0.25) is 0 Å². The minimum absolute atomic E-state index is 0.0822. The molecule has 2 heterocycles. The Kier molecular flexibility index (Phi) is 5.69. The normalized spacial score (nSPS) is 16.0. The van der Waals surface area contributed by atoms with Gasteiger partial charge in [-0.1, -0.05) is 45.0 Å². The van der Waals surface area contributed by atoms with Crippen LogP contribution in [0.4, 0.5) is 5.69 Å². The van der Waals surface area contributed by atoms with Crippen molar-refractivity contribution in [2.45, 2.75) is 52.9 Å². The largest absolute Gasteiger partial charge is 0.496 e. The Morgan fingerprint density at radius 2 is 1.96 bits per heavy atom. The lowest BCUT2D eigenvalue weighted by atomic mass is 9.75. The van der Waals surface area contributed by atoms with Crippen LogP contribution in [0.25, 0.3) is 0 Å². The SMILES string of the molecule is C=C(CC)C1=C(C)Nc2c(C)cnc(CCC)c2C1c1ccccc1OC. The lowest BCUT2D eigenvalue weighted by molar-refractivity contribution is 0.408. The van der Waals surface area contributed by atoms with Gasteiger partial charge in [0.2, 0.25) is 0 Å². The van der Waals surface area contributed by atoms with E-state index in [1.807, 2.05) is 18.3 Å². The molecule has 142 valence electrons. The predicted molar refractivity (Wildman–Crippen MR) is 114 cm³/mol. The first kappa shape index (κ1) is 19.2. The molecule has 1 aliphatic heterocycles. The molecule has 0 radical (unpaired) electrons. The van der Waals surface area contributed by atoms with Crippen LogP contribution < -0.4 is 10.1 Å². The number of allylic oxidation sites excluding steroid dienone is 3. The summed E-state index contributed by atoms with van der Waals surface area (Å²) in [4.78, 5) is 4.82. The second kappa shape index (κ2) is 7.99. The van der Waals surface area contributed by atoms with Crippen molar-refractivity contribution in [3.05, 3.63) is 76.3 Å². The number of ether oxygens (including phenoxy) is 1. The van der Waals surface area contributed by atoms with Gasteiger partial charge in [-0.15, -0.1) is 0 Å². The number of anilines is 1. The maximum atomic E-state index is 5.75. The van der Waals surface area contributed by atoms with Crippen molar-refractivity contribution in [3.63, 3.8) is 0 Å². The van der Waals surface area contributed by atoms with Crippen molar-refractivity contribution in [1.82, 2.24) is 4.98 Å². The molecule has 3 nitrogen and oxygen atoms in total. The third-order valence-electron chi connectivity index (χ3n) is 5.43. The van der Waals surface area contributed by atoms with Gasteiger partial charge in [0.1, 0.15) is 5.75 Å². The van der Waals surface area contributed by atoms with Gasteiger partial charge < -0.3 is 10.1 Å². The van der Waals surface area contributed by atoms with Crippen LogP contribution >= 0.6 is 0 Å². The molecule has 1 aliphatic rings. The predicted octanol–water partition coefficient (Wildman–Crippen LogP) is 6.15. The Hall–Kier alpha value is -2.55. The average molecular weight is 363 g/mol. The third kappa shape index (κ3) is 3.39. The number of para-hydroxylation sites is 1. The Morgan fingerprint density at radius 3 is 2.63 bits per heavy atom. The van der Waals surface area contributed by atoms with Crippen LogP contribution in [0.3, 0.4) is 0 Å². The van der Waals surface area contributed by atoms with Gasteiger partial charge in [-0.3, -0.25) is 4.98 Å². The highest BCUT2D eigenvalue weighted by Crippen LogP contribution is 2.49. The number of nitrogens with zero attached hydrogens (tertiary/aromatic N) is 1. The maximum absolute atomic E-state index is 5.75. The van der Waals surface area contributed by atoms with Crippen molar-refractivity contribution >= 4 is 5.69 Å². The van der Waals surface area contributed by atoms with E-state index in [-0.39, 0.29) is 5.92 Å². The van der Waals surface area contributed by atoms with Crippen molar-refractivity contribution in [2.24, 2.45) is 0 Å². The highest BCUT2D eigenvalue weighted by molar-refractivity contribution is 5.72. The first-order valence-corrected chi connectivity index (χ1v) is 9.80. The molecular weight excluding hydrogens is 332 g/mol. The number of nitrogens with one attached hydrogen (secondary N) is 1. The van der Waals surface area contributed by atoms with E-state index in [1.54, 1.807) is 7.11 Å². The van der Waals surface area contributed by atoms with Gasteiger partial charge >= 0.3 is 0 Å². The fraction of sp³-hybridized carbons (Fsp3) is 0.375. The van der Waals surface area contributed by atoms with Crippen LogP contribution in [0.5, 0.6) is 5.75 Å². The van der Waals surface area contributed by atoms with Crippen molar-refractivity contribution in [3.8, 4) is 5.75 Å². The quantitative estimate of drug-likeness (QED) is 0.669. The number of hydrogen-bond acceptors (Lipinski definition) is 3. The molecule has 0 spiro atoms. The molecular formula is C24H30N2O. The van der Waals surface area contributed by atoms with Crippen LogP contribution in [-0.4, -0.2) is 12.1 Å². The van der Waals surface area contributed by atoms with Crippen LogP contribution in [0.15, 0.2) is 53.9 Å². The molecule has 0 fully saturated rings. The smallest absolute Gasteiger partial charge is 0.123 e. The lowest BCUT2D eigenvalue weighted by Gasteiger charge is -2.35. The number of rotatable bonds is 6. The summed E-state index contributed by atoms with van der Waals surface area (Å²) in [5, 5.41) is 3.67. The molecule has 0 saturated heterocycles.